The van der Waals surface area contributed by atoms with Crippen LogP contribution in [0.4, 0.5) is 17.6 Å². The van der Waals surface area contributed by atoms with Gasteiger partial charge in [0.15, 0.2) is 5.69 Å². The van der Waals surface area contributed by atoms with Crippen LogP contribution in [0.25, 0.3) is 11.0 Å². The maximum atomic E-state index is 14.3. The number of ether oxygens (including phenoxy) is 1. The van der Waals surface area contributed by atoms with Crippen LogP contribution in [0, 0.1) is 5.92 Å². The maximum Gasteiger partial charge on any atom is 0.387 e. The smallest absolute Gasteiger partial charge is 0.387 e. The fourth-order valence-corrected chi connectivity index (χ4v) is 2.79. The van der Waals surface area contributed by atoms with Gasteiger partial charge in [-0.1, -0.05) is 25.7 Å². The molecule has 1 N–H and O–H groups in total. The first kappa shape index (κ1) is 17.7. The molecule has 0 aliphatic heterocycles. The Bertz CT molecular complexity index is 803. The second-order valence-corrected chi connectivity index (χ2v) is 6.37. The van der Waals surface area contributed by atoms with Crippen LogP contribution in [0.1, 0.15) is 44.2 Å². The second kappa shape index (κ2) is 7.01. The minimum atomic E-state index is -3.33. The van der Waals surface area contributed by atoms with Gasteiger partial charge in [-0.25, -0.2) is 4.98 Å². The summed E-state index contributed by atoms with van der Waals surface area (Å²) >= 11 is 0. The van der Waals surface area contributed by atoms with Gasteiger partial charge in [-0.2, -0.15) is 17.6 Å². The topological polar surface area (TPSA) is 55.0 Å². The Balaban J connectivity index is 1.77. The summed E-state index contributed by atoms with van der Waals surface area (Å²) in [5.41, 5.74) is -1.70. The highest BCUT2D eigenvalue weighted by Crippen LogP contribution is 2.36. The summed E-state index contributed by atoms with van der Waals surface area (Å²) in [6.07, 6.45) is 3.90. The molecule has 1 saturated carbocycles. The number of H-pyrrole nitrogens is 1. The highest BCUT2D eigenvalue weighted by Gasteiger charge is 2.36. The summed E-state index contributed by atoms with van der Waals surface area (Å²) in [5, 5.41) is 0. The molecule has 8 heteroatoms. The number of aromatic amines is 1. The molecular weight excluding hydrogens is 340 g/mol. The van der Waals surface area contributed by atoms with E-state index in [1.54, 1.807) is 0 Å². The molecule has 2 aromatic rings. The summed E-state index contributed by atoms with van der Waals surface area (Å²) in [5.74, 6) is -2.83. The molecule has 0 amide bonds. The van der Waals surface area contributed by atoms with E-state index in [0.29, 0.717) is 18.8 Å². The van der Waals surface area contributed by atoms with E-state index in [1.807, 2.05) is 0 Å². The molecule has 0 spiro atoms. The van der Waals surface area contributed by atoms with Crippen molar-refractivity contribution in [2.75, 3.05) is 0 Å². The Kier molecular flexibility index (Phi) is 4.96. The summed E-state index contributed by atoms with van der Waals surface area (Å²) in [6, 6.07) is 3.58. The molecule has 25 heavy (non-hydrogen) atoms. The molecule has 0 bridgehead atoms. The average Bonchev–Trinajstić information content (AvgIpc) is 3.34. The number of rotatable bonds is 8. The molecule has 0 unspecified atom stereocenters. The number of halogens is 4. The first-order chi connectivity index (χ1) is 11.8. The normalized spacial score (nSPS) is 15.1. The molecule has 1 heterocycles. The predicted octanol–water partition coefficient (Wildman–Crippen LogP) is 4.59. The number of hydrogen-bond acceptors (Lipinski definition) is 3. The van der Waals surface area contributed by atoms with Gasteiger partial charge in [-0.15, -0.1) is 0 Å². The standard InChI is InChI=1S/C17H18F4N2O2/c18-16(19)25-11-6-7-12-13(9-11)23-15(24)14(22-12)17(20,21)8-2-1-3-10-4-5-10/h6-7,9-10,16H,1-5,8H2,(H,23,24). The molecule has 1 aliphatic rings. The summed E-state index contributed by atoms with van der Waals surface area (Å²) in [7, 11) is 0. The van der Waals surface area contributed by atoms with Crippen LogP contribution in [0.2, 0.25) is 0 Å². The molecule has 1 aromatic heterocycles. The molecule has 4 nitrogen and oxygen atoms in total. The van der Waals surface area contributed by atoms with Gasteiger partial charge >= 0.3 is 6.61 Å². The van der Waals surface area contributed by atoms with Crippen LogP contribution in [-0.2, 0) is 5.92 Å². The Morgan fingerprint density at radius 2 is 2.04 bits per heavy atom. The van der Waals surface area contributed by atoms with Gasteiger partial charge in [0, 0.05) is 12.5 Å². The van der Waals surface area contributed by atoms with Crippen LogP contribution >= 0.6 is 0 Å². The van der Waals surface area contributed by atoms with E-state index < -0.39 is 30.2 Å². The molecule has 1 aliphatic carbocycles. The highest BCUT2D eigenvalue weighted by atomic mass is 19.3. The fraction of sp³-hybridized carbons (Fsp3) is 0.529. The summed E-state index contributed by atoms with van der Waals surface area (Å²) in [6.45, 7) is -3.02. The average molecular weight is 358 g/mol. The Labute approximate surface area is 141 Å². The summed E-state index contributed by atoms with van der Waals surface area (Å²) < 4.78 is 57.3. The van der Waals surface area contributed by atoms with Gasteiger partial charge in [-0.3, -0.25) is 4.79 Å². The monoisotopic (exact) mass is 358 g/mol. The number of hydrogen-bond donors (Lipinski definition) is 1. The molecule has 0 saturated heterocycles. The molecule has 3 rings (SSSR count). The van der Waals surface area contributed by atoms with E-state index >= 15 is 0 Å². The molecule has 0 atom stereocenters. The van der Waals surface area contributed by atoms with E-state index in [0.717, 1.165) is 12.5 Å². The third kappa shape index (κ3) is 4.49. The number of alkyl halides is 4. The van der Waals surface area contributed by atoms with Crippen molar-refractivity contribution < 1.29 is 22.3 Å². The number of unbranched alkanes of at least 4 members (excludes halogenated alkanes) is 1. The maximum absolute atomic E-state index is 14.3. The first-order valence-corrected chi connectivity index (χ1v) is 8.22. The Morgan fingerprint density at radius 1 is 1.28 bits per heavy atom. The second-order valence-electron chi connectivity index (χ2n) is 6.37. The minimum Gasteiger partial charge on any atom is -0.435 e. The van der Waals surface area contributed by atoms with Gasteiger partial charge in [0.1, 0.15) is 5.75 Å². The van der Waals surface area contributed by atoms with E-state index in [-0.39, 0.29) is 16.8 Å². The van der Waals surface area contributed by atoms with Gasteiger partial charge in [-0.05, 0) is 24.5 Å². The van der Waals surface area contributed by atoms with Crippen molar-refractivity contribution in [1.29, 1.82) is 0 Å². The Hall–Kier alpha value is -2.12. The highest BCUT2D eigenvalue weighted by molar-refractivity contribution is 5.75. The van der Waals surface area contributed by atoms with Gasteiger partial charge in [0.25, 0.3) is 11.5 Å². The molecule has 1 aromatic carbocycles. The zero-order chi connectivity index (χ0) is 18.0. The predicted molar refractivity (Wildman–Crippen MR) is 84.1 cm³/mol. The van der Waals surface area contributed by atoms with Crippen molar-refractivity contribution in [1.82, 2.24) is 9.97 Å². The number of aromatic nitrogens is 2. The third-order valence-corrected chi connectivity index (χ3v) is 4.29. The van der Waals surface area contributed by atoms with Crippen molar-refractivity contribution in [3.05, 3.63) is 34.2 Å². The van der Waals surface area contributed by atoms with E-state index in [9.17, 15) is 22.4 Å². The quantitative estimate of drug-likeness (QED) is 0.555. The minimum absolute atomic E-state index is 0.0661. The zero-order valence-corrected chi connectivity index (χ0v) is 13.4. The van der Waals surface area contributed by atoms with Crippen molar-refractivity contribution >= 4 is 11.0 Å². The SMILES string of the molecule is O=c1[nH]c2cc(OC(F)F)ccc2nc1C(F)(F)CCCCC1CC1. The van der Waals surface area contributed by atoms with Gasteiger partial charge < -0.3 is 9.72 Å². The van der Waals surface area contributed by atoms with E-state index in [4.69, 9.17) is 0 Å². The van der Waals surface area contributed by atoms with E-state index in [2.05, 4.69) is 14.7 Å². The van der Waals surface area contributed by atoms with Gasteiger partial charge in [0.2, 0.25) is 0 Å². The summed E-state index contributed by atoms with van der Waals surface area (Å²) in [4.78, 5) is 18.0. The number of nitrogens with one attached hydrogen (secondary N) is 1. The van der Waals surface area contributed by atoms with Crippen molar-refractivity contribution in [2.24, 2.45) is 5.92 Å². The van der Waals surface area contributed by atoms with Crippen molar-refractivity contribution in [3.63, 3.8) is 0 Å². The lowest BCUT2D eigenvalue weighted by Gasteiger charge is -2.15. The fourth-order valence-electron chi connectivity index (χ4n) is 2.79. The van der Waals surface area contributed by atoms with Crippen LogP contribution in [-0.4, -0.2) is 16.6 Å². The van der Waals surface area contributed by atoms with Crippen LogP contribution in [0.15, 0.2) is 23.0 Å². The zero-order valence-electron chi connectivity index (χ0n) is 13.4. The van der Waals surface area contributed by atoms with Crippen LogP contribution in [0.3, 0.4) is 0 Å². The van der Waals surface area contributed by atoms with Crippen molar-refractivity contribution in [3.8, 4) is 5.75 Å². The number of fused-ring (bicyclic) bond motifs is 1. The lowest BCUT2D eigenvalue weighted by atomic mass is 10.1. The first-order valence-electron chi connectivity index (χ1n) is 8.22. The lowest BCUT2D eigenvalue weighted by molar-refractivity contribution is -0.0497. The number of benzene rings is 1. The van der Waals surface area contributed by atoms with Gasteiger partial charge in [0.05, 0.1) is 11.0 Å². The molecule has 0 radical (unpaired) electrons. The van der Waals surface area contributed by atoms with Crippen LogP contribution < -0.4 is 10.3 Å². The molecule has 136 valence electrons. The van der Waals surface area contributed by atoms with Crippen molar-refractivity contribution in [2.45, 2.75) is 51.1 Å². The van der Waals surface area contributed by atoms with Crippen LogP contribution in [0.5, 0.6) is 5.75 Å². The molecular formula is C17H18F4N2O2. The Morgan fingerprint density at radius 3 is 2.72 bits per heavy atom. The lowest BCUT2D eigenvalue weighted by Crippen LogP contribution is -2.27. The third-order valence-electron chi connectivity index (χ3n) is 4.29. The molecule has 1 fully saturated rings. The number of nitrogens with zero attached hydrogens (tertiary/aromatic N) is 1. The largest absolute Gasteiger partial charge is 0.435 e. The van der Waals surface area contributed by atoms with E-state index in [1.165, 1.54) is 25.0 Å².